The van der Waals surface area contributed by atoms with E-state index >= 15 is 0 Å². The molecule has 2 aliphatic heterocycles. The molecule has 0 aliphatic carbocycles. The number of morpholine rings is 1. The molecule has 2 fully saturated rings. The molecule has 0 bridgehead atoms. The number of rotatable bonds is 10. The third kappa shape index (κ3) is 7.97. The van der Waals surface area contributed by atoms with Crippen molar-refractivity contribution in [3.8, 4) is 11.5 Å². The first-order chi connectivity index (χ1) is 17.2. The molecule has 2 amide bonds. The molecule has 2 aromatic rings. The van der Waals surface area contributed by atoms with Gasteiger partial charge in [0.05, 0.1) is 13.2 Å². The smallest absolute Gasteiger partial charge is 0.260 e. The van der Waals surface area contributed by atoms with Crippen LogP contribution >= 0.6 is 0 Å². The van der Waals surface area contributed by atoms with Gasteiger partial charge < -0.3 is 24.4 Å². The van der Waals surface area contributed by atoms with Crippen LogP contribution < -0.4 is 14.8 Å². The third-order valence-electron chi connectivity index (χ3n) is 6.47. The number of carbonyl (C=O) groups excluding carboxylic acids is 2. The van der Waals surface area contributed by atoms with Gasteiger partial charge in [-0.3, -0.25) is 14.5 Å². The lowest BCUT2D eigenvalue weighted by Gasteiger charge is -2.31. The van der Waals surface area contributed by atoms with Gasteiger partial charge in [-0.15, -0.1) is 0 Å². The molecule has 2 aromatic carbocycles. The Kier molecular flexibility index (Phi) is 9.37. The van der Waals surface area contributed by atoms with Gasteiger partial charge in [0.2, 0.25) is 5.91 Å². The molecule has 2 saturated heterocycles. The quantitative estimate of drug-likeness (QED) is 0.561. The summed E-state index contributed by atoms with van der Waals surface area (Å²) in [7, 11) is 0. The maximum Gasteiger partial charge on any atom is 0.260 e. The molecule has 0 radical (unpaired) electrons. The highest BCUT2D eigenvalue weighted by molar-refractivity contribution is 5.80. The van der Waals surface area contributed by atoms with Crippen LogP contribution in [0.1, 0.15) is 18.4 Å². The molecule has 8 heteroatoms. The fourth-order valence-electron chi connectivity index (χ4n) is 4.34. The van der Waals surface area contributed by atoms with Gasteiger partial charge in [-0.1, -0.05) is 30.3 Å². The number of hydrogen-bond acceptors (Lipinski definition) is 6. The zero-order valence-corrected chi connectivity index (χ0v) is 20.2. The minimum Gasteiger partial charge on any atom is -0.492 e. The molecule has 188 valence electrons. The zero-order valence-electron chi connectivity index (χ0n) is 20.2. The fraction of sp³-hybridized carbons (Fsp3) is 0.481. The Labute approximate surface area is 207 Å². The zero-order chi connectivity index (χ0) is 24.3. The van der Waals surface area contributed by atoms with E-state index in [2.05, 4.69) is 10.2 Å². The first kappa shape index (κ1) is 25.0. The van der Waals surface area contributed by atoms with E-state index in [1.165, 1.54) is 0 Å². The number of benzene rings is 2. The number of carbonyl (C=O) groups is 2. The average Bonchev–Trinajstić information content (AvgIpc) is 2.92. The first-order valence-electron chi connectivity index (χ1n) is 12.4. The highest BCUT2D eigenvalue weighted by Gasteiger charge is 2.27. The van der Waals surface area contributed by atoms with Gasteiger partial charge >= 0.3 is 0 Å². The Morgan fingerprint density at radius 3 is 2.43 bits per heavy atom. The standard InChI is InChI=1S/C27H35N3O5/c31-26(21-35-24-6-2-1-3-7-24)30-11-9-23(10-12-30)27(32)28-20-22-5-4-8-25(19-22)34-18-15-29-13-16-33-17-14-29/h1-8,19,23H,9-18,20-21H2,(H,28,32). The topological polar surface area (TPSA) is 80.3 Å². The minimum atomic E-state index is -0.0814. The molecular formula is C27H35N3O5. The summed E-state index contributed by atoms with van der Waals surface area (Å²) in [5.41, 5.74) is 1.01. The highest BCUT2D eigenvalue weighted by atomic mass is 16.5. The maximum atomic E-state index is 12.7. The number of ether oxygens (including phenoxy) is 3. The molecule has 0 unspecified atom stereocenters. The molecule has 0 aromatic heterocycles. The van der Waals surface area contributed by atoms with Crippen LogP contribution in [0, 0.1) is 5.92 Å². The Morgan fingerprint density at radius 1 is 0.914 bits per heavy atom. The summed E-state index contributed by atoms with van der Waals surface area (Å²) in [5, 5.41) is 3.05. The Hall–Kier alpha value is -3.10. The van der Waals surface area contributed by atoms with Crippen molar-refractivity contribution in [1.29, 1.82) is 0 Å². The second-order valence-electron chi connectivity index (χ2n) is 8.92. The van der Waals surface area contributed by atoms with Gasteiger partial charge in [-0.25, -0.2) is 0 Å². The van der Waals surface area contributed by atoms with Crippen molar-refractivity contribution in [3.05, 3.63) is 60.2 Å². The number of piperidine rings is 1. The predicted molar refractivity (Wildman–Crippen MR) is 132 cm³/mol. The van der Waals surface area contributed by atoms with E-state index < -0.39 is 0 Å². The fourth-order valence-corrected chi connectivity index (χ4v) is 4.34. The number of nitrogens with zero attached hydrogens (tertiary/aromatic N) is 2. The van der Waals surface area contributed by atoms with Crippen LogP contribution in [0.5, 0.6) is 11.5 Å². The van der Waals surface area contributed by atoms with E-state index in [0.717, 1.165) is 44.2 Å². The van der Waals surface area contributed by atoms with Gasteiger partial charge in [0.15, 0.2) is 6.61 Å². The van der Waals surface area contributed by atoms with Crippen LogP contribution in [0.25, 0.3) is 0 Å². The molecular weight excluding hydrogens is 446 g/mol. The summed E-state index contributed by atoms with van der Waals surface area (Å²) in [5.74, 6) is 1.41. The maximum absolute atomic E-state index is 12.7. The van der Waals surface area contributed by atoms with Crippen molar-refractivity contribution < 1.29 is 23.8 Å². The largest absolute Gasteiger partial charge is 0.492 e. The number of para-hydroxylation sites is 1. The lowest BCUT2D eigenvalue weighted by molar-refractivity contribution is -0.137. The van der Waals surface area contributed by atoms with Crippen LogP contribution in [-0.4, -0.2) is 80.8 Å². The second-order valence-corrected chi connectivity index (χ2v) is 8.92. The van der Waals surface area contributed by atoms with Gasteiger partial charge in [-0.05, 0) is 42.7 Å². The molecule has 8 nitrogen and oxygen atoms in total. The molecule has 1 N–H and O–H groups in total. The number of nitrogens with one attached hydrogen (secondary N) is 1. The van der Waals surface area contributed by atoms with E-state index in [9.17, 15) is 9.59 Å². The first-order valence-corrected chi connectivity index (χ1v) is 12.4. The van der Waals surface area contributed by atoms with E-state index in [1.54, 1.807) is 4.90 Å². The van der Waals surface area contributed by atoms with E-state index in [0.29, 0.717) is 44.8 Å². The van der Waals surface area contributed by atoms with Gasteiger partial charge in [0.25, 0.3) is 5.91 Å². The van der Waals surface area contributed by atoms with Crippen molar-refractivity contribution in [2.75, 3.05) is 59.2 Å². The van der Waals surface area contributed by atoms with Crippen molar-refractivity contribution >= 4 is 11.8 Å². The minimum absolute atomic E-state index is 0.0196. The Morgan fingerprint density at radius 2 is 1.66 bits per heavy atom. The Bertz CT molecular complexity index is 941. The van der Waals surface area contributed by atoms with Crippen LogP contribution in [0.3, 0.4) is 0 Å². The van der Waals surface area contributed by atoms with Crippen LogP contribution in [0.15, 0.2) is 54.6 Å². The molecule has 35 heavy (non-hydrogen) atoms. The lowest BCUT2D eigenvalue weighted by Crippen LogP contribution is -2.44. The lowest BCUT2D eigenvalue weighted by atomic mass is 9.95. The number of likely N-dealkylation sites (tertiary alicyclic amines) is 1. The normalized spacial score (nSPS) is 17.1. The monoisotopic (exact) mass is 481 g/mol. The molecule has 2 heterocycles. The average molecular weight is 482 g/mol. The molecule has 0 saturated carbocycles. The Balaban J connectivity index is 1.14. The van der Waals surface area contributed by atoms with Crippen molar-refractivity contribution in [1.82, 2.24) is 15.1 Å². The second kappa shape index (κ2) is 13.1. The van der Waals surface area contributed by atoms with Crippen molar-refractivity contribution in [2.24, 2.45) is 5.92 Å². The molecule has 2 aliphatic rings. The molecule has 0 atom stereocenters. The summed E-state index contributed by atoms with van der Waals surface area (Å²) in [6.45, 7) is 6.60. The van der Waals surface area contributed by atoms with Gasteiger partial charge in [0, 0.05) is 45.2 Å². The summed E-state index contributed by atoms with van der Waals surface area (Å²) in [4.78, 5) is 29.3. The summed E-state index contributed by atoms with van der Waals surface area (Å²) in [6.07, 6.45) is 1.32. The van der Waals surface area contributed by atoms with Crippen molar-refractivity contribution in [2.45, 2.75) is 19.4 Å². The van der Waals surface area contributed by atoms with E-state index in [4.69, 9.17) is 14.2 Å². The molecule has 0 spiro atoms. The summed E-state index contributed by atoms with van der Waals surface area (Å²) >= 11 is 0. The third-order valence-corrected chi connectivity index (χ3v) is 6.47. The SMILES string of the molecule is O=C(NCc1cccc(OCCN2CCOCC2)c1)C1CCN(C(=O)COc2ccccc2)CC1. The van der Waals surface area contributed by atoms with Gasteiger partial charge in [-0.2, -0.15) is 0 Å². The van der Waals surface area contributed by atoms with Gasteiger partial charge in [0.1, 0.15) is 18.1 Å². The number of hydrogen-bond donors (Lipinski definition) is 1. The molecule has 4 rings (SSSR count). The predicted octanol–water partition coefficient (Wildman–Crippen LogP) is 2.33. The highest BCUT2D eigenvalue weighted by Crippen LogP contribution is 2.19. The van der Waals surface area contributed by atoms with Crippen molar-refractivity contribution in [3.63, 3.8) is 0 Å². The number of amides is 2. The van der Waals surface area contributed by atoms with Crippen LogP contribution in [0.2, 0.25) is 0 Å². The summed E-state index contributed by atoms with van der Waals surface area (Å²) < 4.78 is 16.8. The van der Waals surface area contributed by atoms with Crippen LogP contribution in [-0.2, 0) is 20.9 Å². The van der Waals surface area contributed by atoms with Crippen LogP contribution in [0.4, 0.5) is 0 Å². The summed E-state index contributed by atoms with van der Waals surface area (Å²) in [6, 6.07) is 17.2. The van der Waals surface area contributed by atoms with E-state index in [1.807, 2.05) is 54.6 Å². The van der Waals surface area contributed by atoms with E-state index in [-0.39, 0.29) is 24.3 Å².